The zero-order valence-electron chi connectivity index (χ0n) is 13.0. The molecule has 0 unspecified atom stereocenters. The number of thiazole rings is 1. The van der Waals surface area contributed by atoms with Crippen molar-refractivity contribution < 1.29 is 17.9 Å². The summed E-state index contributed by atoms with van der Waals surface area (Å²) in [6.45, 7) is 0. The van der Waals surface area contributed by atoms with Gasteiger partial charge in [-0.25, -0.2) is 13.4 Å². The molecule has 0 atom stereocenters. The number of hydrogen-bond acceptors (Lipinski definition) is 6. The number of methoxy groups -OCH3 is 1. The van der Waals surface area contributed by atoms with Gasteiger partial charge in [-0.1, -0.05) is 29.0 Å². The summed E-state index contributed by atoms with van der Waals surface area (Å²) in [7, 11) is -2.22. The number of rotatable bonds is 5. The van der Waals surface area contributed by atoms with Crippen molar-refractivity contribution in [1.29, 1.82) is 0 Å². The van der Waals surface area contributed by atoms with Crippen LogP contribution in [0.4, 0.5) is 5.13 Å². The van der Waals surface area contributed by atoms with Gasteiger partial charge in [0.25, 0.3) is 0 Å². The third kappa shape index (κ3) is 3.92. The molecule has 25 heavy (non-hydrogen) atoms. The van der Waals surface area contributed by atoms with E-state index in [1.165, 1.54) is 42.7 Å². The van der Waals surface area contributed by atoms with Gasteiger partial charge in [0.1, 0.15) is 17.0 Å². The summed E-state index contributed by atoms with van der Waals surface area (Å²) in [5.41, 5.74) is 0.617. The van der Waals surface area contributed by atoms with E-state index in [1.807, 2.05) is 12.1 Å². The Kier molecular flexibility index (Phi) is 4.94. The molecule has 3 aromatic rings. The van der Waals surface area contributed by atoms with Crippen LogP contribution in [0.5, 0.6) is 5.75 Å². The first kappa shape index (κ1) is 17.7. The number of sulfone groups is 1. The summed E-state index contributed by atoms with van der Waals surface area (Å²) in [5, 5.41) is 3.27. The van der Waals surface area contributed by atoms with E-state index in [0.29, 0.717) is 21.4 Å². The topological polar surface area (TPSA) is 85.4 Å². The number of aromatic nitrogens is 1. The summed E-state index contributed by atoms with van der Waals surface area (Å²) < 4.78 is 30.6. The summed E-state index contributed by atoms with van der Waals surface area (Å²) in [4.78, 5) is 16.4. The summed E-state index contributed by atoms with van der Waals surface area (Å²) in [6.07, 6.45) is 0. The zero-order valence-corrected chi connectivity index (χ0v) is 15.4. The maximum atomic E-state index is 12.3. The molecule has 1 aromatic heterocycles. The van der Waals surface area contributed by atoms with Gasteiger partial charge in [-0.2, -0.15) is 0 Å². The molecular formula is C16H13ClN2O4S2. The first-order chi connectivity index (χ1) is 11.9. The van der Waals surface area contributed by atoms with Crippen molar-refractivity contribution in [2.45, 2.75) is 4.90 Å². The Balaban J connectivity index is 1.77. The van der Waals surface area contributed by atoms with Gasteiger partial charge in [0.2, 0.25) is 5.91 Å². The van der Waals surface area contributed by atoms with Crippen LogP contribution in [0.3, 0.4) is 0 Å². The highest BCUT2D eigenvalue weighted by Crippen LogP contribution is 2.32. The molecule has 0 aliphatic carbocycles. The smallest absolute Gasteiger partial charge is 0.241 e. The molecule has 1 heterocycles. The Hall–Kier alpha value is -2.16. The molecule has 0 radical (unpaired) electrons. The largest absolute Gasteiger partial charge is 0.494 e. The number of nitrogens with zero attached hydrogens (tertiary/aromatic N) is 1. The standard InChI is InChI=1S/C16H13ClN2O4S2/c1-23-12-3-2-4-13-15(12)19-16(24-13)18-14(20)9-25(21,22)11-7-5-10(17)6-8-11/h2-8H,9H2,1H3,(H,18,19,20). The van der Waals surface area contributed by atoms with Crippen LogP contribution in [0.25, 0.3) is 10.2 Å². The van der Waals surface area contributed by atoms with Crippen LogP contribution >= 0.6 is 22.9 Å². The lowest BCUT2D eigenvalue weighted by Gasteiger charge is -2.04. The Morgan fingerprint density at radius 2 is 1.96 bits per heavy atom. The molecule has 9 heteroatoms. The number of benzene rings is 2. The molecule has 130 valence electrons. The van der Waals surface area contributed by atoms with Crippen molar-refractivity contribution in [1.82, 2.24) is 4.98 Å². The highest BCUT2D eigenvalue weighted by molar-refractivity contribution is 7.92. The first-order valence-electron chi connectivity index (χ1n) is 7.11. The average Bonchev–Trinajstić information content (AvgIpc) is 2.96. The Bertz CT molecular complexity index is 1030. The Labute approximate surface area is 153 Å². The van der Waals surface area contributed by atoms with Crippen LogP contribution in [-0.4, -0.2) is 32.2 Å². The number of halogens is 1. The molecule has 0 saturated heterocycles. The molecule has 0 bridgehead atoms. The lowest BCUT2D eigenvalue weighted by atomic mass is 10.3. The first-order valence-corrected chi connectivity index (χ1v) is 9.95. The minimum atomic E-state index is -3.76. The lowest BCUT2D eigenvalue weighted by molar-refractivity contribution is -0.113. The third-order valence-electron chi connectivity index (χ3n) is 3.34. The second-order valence-electron chi connectivity index (χ2n) is 5.09. The molecule has 3 rings (SSSR count). The van der Waals surface area contributed by atoms with Gasteiger partial charge in [-0.05, 0) is 36.4 Å². The predicted molar refractivity (Wildman–Crippen MR) is 98.3 cm³/mol. The highest BCUT2D eigenvalue weighted by Gasteiger charge is 2.20. The number of ether oxygens (including phenoxy) is 1. The highest BCUT2D eigenvalue weighted by atomic mass is 35.5. The molecule has 0 fully saturated rings. The van der Waals surface area contributed by atoms with Gasteiger partial charge < -0.3 is 10.1 Å². The van der Waals surface area contributed by atoms with Crippen molar-refractivity contribution in [3.05, 3.63) is 47.5 Å². The number of hydrogen-bond donors (Lipinski definition) is 1. The van der Waals surface area contributed by atoms with E-state index in [9.17, 15) is 13.2 Å². The molecule has 0 saturated carbocycles. The normalized spacial score (nSPS) is 11.4. The number of carbonyl (C=O) groups excluding carboxylic acids is 1. The molecule has 0 aliphatic rings. The van der Waals surface area contributed by atoms with Crippen LogP contribution in [0.2, 0.25) is 5.02 Å². The second-order valence-corrected chi connectivity index (χ2v) is 8.54. The Morgan fingerprint density at radius 3 is 2.64 bits per heavy atom. The summed E-state index contributed by atoms with van der Waals surface area (Å²) in [6, 6.07) is 11.1. The van der Waals surface area contributed by atoms with Crippen LogP contribution in [0.15, 0.2) is 47.4 Å². The van der Waals surface area contributed by atoms with Gasteiger partial charge in [0.05, 0.1) is 16.7 Å². The monoisotopic (exact) mass is 396 g/mol. The van der Waals surface area contributed by atoms with E-state index in [-0.39, 0.29) is 4.90 Å². The van der Waals surface area contributed by atoms with Crippen molar-refractivity contribution in [3.63, 3.8) is 0 Å². The molecule has 6 nitrogen and oxygen atoms in total. The van der Waals surface area contributed by atoms with Gasteiger partial charge >= 0.3 is 0 Å². The SMILES string of the molecule is COc1cccc2sc(NC(=O)CS(=O)(=O)c3ccc(Cl)cc3)nc12. The van der Waals surface area contributed by atoms with E-state index < -0.39 is 21.5 Å². The van der Waals surface area contributed by atoms with E-state index in [2.05, 4.69) is 10.3 Å². The molecule has 2 aromatic carbocycles. The van der Waals surface area contributed by atoms with E-state index >= 15 is 0 Å². The number of amides is 1. The fourth-order valence-electron chi connectivity index (χ4n) is 2.19. The van der Waals surface area contributed by atoms with Crippen molar-refractivity contribution in [2.75, 3.05) is 18.2 Å². The second kappa shape index (κ2) is 6.99. The van der Waals surface area contributed by atoms with Crippen molar-refractivity contribution >= 4 is 54.0 Å². The van der Waals surface area contributed by atoms with Crippen molar-refractivity contribution in [3.8, 4) is 5.75 Å². The van der Waals surface area contributed by atoms with Gasteiger partial charge in [0.15, 0.2) is 15.0 Å². The van der Waals surface area contributed by atoms with Gasteiger partial charge in [-0.15, -0.1) is 0 Å². The van der Waals surface area contributed by atoms with Gasteiger partial charge in [-0.3, -0.25) is 4.79 Å². The van der Waals surface area contributed by atoms with Crippen LogP contribution < -0.4 is 10.1 Å². The lowest BCUT2D eigenvalue weighted by Crippen LogP contribution is -2.22. The number of nitrogens with one attached hydrogen (secondary N) is 1. The maximum absolute atomic E-state index is 12.3. The minimum Gasteiger partial charge on any atom is -0.494 e. The number of para-hydroxylation sites is 1. The summed E-state index contributed by atoms with van der Waals surface area (Å²) in [5.74, 6) is -0.752. The number of carbonyl (C=O) groups is 1. The third-order valence-corrected chi connectivity index (χ3v) is 6.16. The molecule has 1 amide bonds. The van der Waals surface area contributed by atoms with E-state index in [0.717, 1.165) is 4.70 Å². The Morgan fingerprint density at radius 1 is 1.24 bits per heavy atom. The molecule has 0 aliphatic heterocycles. The zero-order chi connectivity index (χ0) is 18.0. The fourth-order valence-corrected chi connectivity index (χ4v) is 4.36. The minimum absolute atomic E-state index is 0.0398. The van der Waals surface area contributed by atoms with Crippen LogP contribution in [-0.2, 0) is 14.6 Å². The molecular weight excluding hydrogens is 384 g/mol. The summed E-state index contributed by atoms with van der Waals surface area (Å²) >= 11 is 6.99. The van der Waals surface area contributed by atoms with E-state index in [1.54, 1.807) is 6.07 Å². The van der Waals surface area contributed by atoms with E-state index in [4.69, 9.17) is 16.3 Å². The molecule has 1 N–H and O–H groups in total. The van der Waals surface area contributed by atoms with Crippen molar-refractivity contribution in [2.24, 2.45) is 0 Å². The fraction of sp³-hybridized carbons (Fsp3) is 0.125. The maximum Gasteiger partial charge on any atom is 0.241 e. The molecule has 0 spiro atoms. The number of anilines is 1. The predicted octanol–water partition coefficient (Wildman–Crippen LogP) is 3.37. The van der Waals surface area contributed by atoms with Gasteiger partial charge in [0, 0.05) is 5.02 Å². The quantitative estimate of drug-likeness (QED) is 0.714. The number of fused-ring (bicyclic) bond motifs is 1. The van der Waals surface area contributed by atoms with Crippen LogP contribution in [0.1, 0.15) is 0 Å². The average molecular weight is 397 g/mol. The van der Waals surface area contributed by atoms with Crippen LogP contribution in [0, 0.1) is 0 Å².